The van der Waals surface area contributed by atoms with Gasteiger partial charge >= 0.3 is 6.18 Å². The van der Waals surface area contributed by atoms with Gasteiger partial charge in [-0.2, -0.15) is 18.3 Å². The van der Waals surface area contributed by atoms with Crippen LogP contribution in [0.3, 0.4) is 0 Å². The van der Waals surface area contributed by atoms with E-state index in [1.54, 1.807) is 4.68 Å². The zero-order valence-corrected chi connectivity index (χ0v) is 13.5. The molecule has 1 aromatic heterocycles. The number of aryl methyl sites for hydroxylation is 1. The van der Waals surface area contributed by atoms with Gasteiger partial charge in [0.1, 0.15) is 0 Å². The lowest BCUT2D eigenvalue weighted by Crippen LogP contribution is -2.47. The molecule has 0 spiro atoms. The predicted octanol–water partition coefficient (Wildman–Crippen LogP) is 3.14. The molecule has 7 heteroatoms. The molecular weight excluding hydrogens is 319 g/mol. The minimum Gasteiger partial charge on any atom is -0.385 e. The third kappa shape index (κ3) is 3.32. The lowest BCUT2D eigenvalue weighted by atomic mass is 9.78. The van der Waals surface area contributed by atoms with Crippen molar-refractivity contribution in [2.75, 3.05) is 0 Å². The molecule has 2 aromatic rings. The second-order valence-corrected chi connectivity index (χ2v) is 6.55. The summed E-state index contributed by atoms with van der Waals surface area (Å²) in [7, 11) is 1.82. The van der Waals surface area contributed by atoms with E-state index in [4.69, 9.17) is 0 Å². The Bertz CT molecular complexity index is 711. The molecule has 2 heterocycles. The van der Waals surface area contributed by atoms with Crippen LogP contribution in [-0.4, -0.2) is 20.9 Å². The molecule has 1 saturated heterocycles. The van der Waals surface area contributed by atoms with E-state index in [-0.39, 0.29) is 12.1 Å². The average molecular weight is 339 g/mol. The Balaban J connectivity index is 1.87. The third-order valence-corrected chi connectivity index (χ3v) is 4.51. The molecule has 3 atom stereocenters. The molecule has 0 bridgehead atoms. The van der Waals surface area contributed by atoms with Crippen molar-refractivity contribution in [3.63, 3.8) is 0 Å². The molecule has 3 rings (SSSR count). The fraction of sp³-hybridized carbons (Fsp3) is 0.471. The topological polar surface area (TPSA) is 50.1 Å². The van der Waals surface area contributed by atoms with E-state index < -0.39 is 17.3 Å². The van der Waals surface area contributed by atoms with E-state index in [0.717, 1.165) is 17.8 Å². The zero-order chi connectivity index (χ0) is 17.5. The highest BCUT2D eigenvalue weighted by Crippen LogP contribution is 2.40. The number of aliphatic hydroxyl groups is 1. The first kappa shape index (κ1) is 17.0. The van der Waals surface area contributed by atoms with E-state index in [2.05, 4.69) is 10.4 Å². The van der Waals surface area contributed by atoms with Crippen molar-refractivity contribution in [2.24, 2.45) is 7.05 Å². The smallest absolute Gasteiger partial charge is 0.385 e. The normalized spacial score (nSPS) is 28.1. The average Bonchev–Trinajstić information content (AvgIpc) is 2.92. The zero-order valence-electron chi connectivity index (χ0n) is 13.5. The van der Waals surface area contributed by atoms with Crippen LogP contribution in [0.4, 0.5) is 13.2 Å². The summed E-state index contributed by atoms with van der Waals surface area (Å²) in [5.41, 5.74) is -0.575. The Kier molecular flexibility index (Phi) is 4.17. The standard InChI is InChI=1S/C17H20F3N3O/c1-11-9-16(24,10-15(21-11)14-7-8-23(2)22-14)12-3-5-13(6-4-12)17(18,19)20/h3-8,11,15,21,24H,9-10H2,1-2H3. The molecule has 1 fully saturated rings. The fourth-order valence-corrected chi connectivity index (χ4v) is 3.40. The summed E-state index contributed by atoms with van der Waals surface area (Å²) >= 11 is 0. The van der Waals surface area contributed by atoms with Crippen molar-refractivity contribution >= 4 is 0 Å². The summed E-state index contributed by atoms with van der Waals surface area (Å²) in [4.78, 5) is 0. The van der Waals surface area contributed by atoms with E-state index in [0.29, 0.717) is 18.4 Å². The van der Waals surface area contributed by atoms with Crippen LogP contribution in [0.5, 0.6) is 0 Å². The molecule has 0 saturated carbocycles. The first-order valence-corrected chi connectivity index (χ1v) is 7.83. The Labute approximate surface area is 138 Å². The van der Waals surface area contributed by atoms with Gasteiger partial charge in [-0.25, -0.2) is 0 Å². The Hall–Kier alpha value is -1.86. The van der Waals surface area contributed by atoms with Crippen molar-refractivity contribution < 1.29 is 18.3 Å². The lowest BCUT2D eigenvalue weighted by molar-refractivity contribution is -0.137. The molecule has 24 heavy (non-hydrogen) atoms. The molecule has 1 aromatic carbocycles. The number of alkyl halides is 3. The number of rotatable bonds is 2. The van der Waals surface area contributed by atoms with Crippen molar-refractivity contribution in [1.82, 2.24) is 15.1 Å². The summed E-state index contributed by atoms with van der Waals surface area (Å²) in [5.74, 6) is 0. The van der Waals surface area contributed by atoms with E-state index >= 15 is 0 Å². The van der Waals surface area contributed by atoms with Crippen LogP contribution in [0.25, 0.3) is 0 Å². The lowest BCUT2D eigenvalue weighted by Gasteiger charge is -2.41. The van der Waals surface area contributed by atoms with Crippen LogP contribution < -0.4 is 5.32 Å². The SMILES string of the molecule is CC1CC(O)(c2ccc(C(F)(F)F)cc2)CC(c2ccn(C)n2)N1. The minimum absolute atomic E-state index is 0.0121. The molecule has 4 nitrogen and oxygen atoms in total. The number of aromatic nitrogens is 2. The van der Waals surface area contributed by atoms with Gasteiger partial charge in [-0.05, 0) is 37.1 Å². The van der Waals surface area contributed by atoms with Crippen LogP contribution >= 0.6 is 0 Å². The maximum Gasteiger partial charge on any atom is 0.416 e. The van der Waals surface area contributed by atoms with Crippen molar-refractivity contribution in [3.05, 3.63) is 53.3 Å². The highest BCUT2D eigenvalue weighted by atomic mass is 19.4. The number of nitrogens with zero attached hydrogens (tertiary/aromatic N) is 2. The second-order valence-electron chi connectivity index (χ2n) is 6.55. The van der Waals surface area contributed by atoms with E-state index in [1.807, 2.05) is 26.2 Å². The number of halogens is 3. The predicted molar refractivity (Wildman–Crippen MR) is 83.1 cm³/mol. The Morgan fingerprint density at radius 1 is 1.21 bits per heavy atom. The first-order valence-electron chi connectivity index (χ1n) is 7.83. The molecule has 0 aliphatic carbocycles. The van der Waals surface area contributed by atoms with Gasteiger partial charge < -0.3 is 10.4 Å². The fourth-order valence-electron chi connectivity index (χ4n) is 3.40. The molecule has 1 aliphatic heterocycles. The van der Waals surface area contributed by atoms with Crippen molar-refractivity contribution in [3.8, 4) is 0 Å². The van der Waals surface area contributed by atoms with Crippen LogP contribution in [0.1, 0.15) is 42.6 Å². The van der Waals surface area contributed by atoms with Gasteiger partial charge in [-0.3, -0.25) is 4.68 Å². The highest BCUT2D eigenvalue weighted by molar-refractivity contribution is 5.30. The van der Waals surface area contributed by atoms with E-state index in [9.17, 15) is 18.3 Å². The van der Waals surface area contributed by atoms with Crippen LogP contribution in [0, 0.1) is 0 Å². The van der Waals surface area contributed by atoms with Crippen LogP contribution in [0.15, 0.2) is 36.5 Å². The van der Waals surface area contributed by atoms with Crippen LogP contribution in [-0.2, 0) is 18.8 Å². The van der Waals surface area contributed by atoms with Crippen LogP contribution in [0.2, 0.25) is 0 Å². The van der Waals surface area contributed by atoms with Gasteiger partial charge in [-0.1, -0.05) is 12.1 Å². The number of nitrogens with one attached hydrogen (secondary N) is 1. The molecule has 3 unspecified atom stereocenters. The number of benzene rings is 1. The second kappa shape index (κ2) is 5.89. The Morgan fingerprint density at radius 2 is 1.88 bits per heavy atom. The van der Waals surface area contributed by atoms with Gasteiger partial charge in [-0.15, -0.1) is 0 Å². The monoisotopic (exact) mass is 339 g/mol. The number of hydrogen-bond donors (Lipinski definition) is 2. The maximum atomic E-state index is 12.7. The molecule has 130 valence electrons. The van der Waals surface area contributed by atoms with Gasteiger partial charge in [0.25, 0.3) is 0 Å². The quantitative estimate of drug-likeness (QED) is 0.884. The molecule has 1 aliphatic rings. The maximum absolute atomic E-state index is 12.7. The minimum atomic E-state index is -4.38. The highest BCUT2D eigenvalue weighted by Gasteiger charge is 2.40. The number of hydrogen-bond acceptors (Lipinski definition) is 3. The van der Waals surface area contributed by atoms with Gasteiger partial charge in [0, 0.05) is 25.7 Å². The summed E-state index contributed by atoms with van der Waals surface area (Å²) in [5, 5.41) is 18.8. The van der Waals surface area contributed by atoms with Gasteiger partial charge in [0.15, 0.2) is 0 Å². The first-order chi connectivity index (χ1) is 11.2. The summed E-state index contributed by atoms with van der Waals surface area (Å²) in [6.07, 6.45) is -1.76. The molecule has 0 radical (unpaired) electrons. The Morgan fingerprint density at radius 3 is 2.42 bits per heavy atom. The van der Waals surface area contributed by atoms with E-state index in [1.165, 1.54) is 12.1 Å². The van der Waals surface area contributed by atoms with Gasteiger partial charge in [0.2, 0.25) is 0 Å². The summed E-state index contributed by atoms with van der Waals surface area (Å²) < 4.78 is 39.9. The summed E-state index contributed by atoms with van der Waals surface area (Å²) in [6.45, 7) is 1.95. The third-order valence-electron chi connectivity index (χ3n) is 4.51. The van der Waals surface area contributed by atoms with Gasteiger partial charge in [0.05, 0.1) is 22.9 Å². The molecule has 2 N–H and O–H groups in total. The molecule has 0 amide bonds. The van der Waals surface area contributed by atoms with Crippen molar-refractivity contribution in [2.45, 2.75) is 43.6 Å². The van der Waals surface area contributed by atoms with Crippen molar-refractivity contribution in [1.29, 1.82) is 0 Å². The molecular formula is C17H20F3N3O. The summed E-state index contributed by atoms with van der Waals surface area (Å²) in [6, 6.07) is 6.53. The number of piperidine rings is 1. The largest absolute Gasteiger partial charge is 0.416 e.